The molecule has 0 N–H and O–H groups in total. The van der Waals surface area contributed by atoms with Gasteiger partial charge in [0, 0.05) is 44.8 Å². The number of aliphatic imine (C=N–C) groups is 1. The highest BCUT2D eigenvalue weighted by molar-refractivity contribution is 7.61. The van der Waals surface area contributed by atoms with Crippen LogP contribution >= 0.6 is 7.51 Å². The maximum atomic E-state index is 5.66. The Hall–Kier alpha value is -1.61. The van der Waals surface area contributed by atoms with Crippen LogP contribution in [0.1, 0.15) is 5.56 Å². The predicted octanol–water partition coefficient (Wildman–Crippen LogP) is 1.75. The van der Waals surface area contributed by atoms with Gasteiger partial charge in [-0.3, -0.25) is 0 Å². The van der Waals surface area contributed by atoms with Crippen molar-refractivity contribution in [3.63, 3.8) is 0 Å². The molecule has 162 valence electrons. The van der Waals surface area contributed by atoms with Crippen molar-refractivity contribution < 1.29 is 14.2 Å². The summed E-state index contributed by atoms with van der Waals surface area (Å²) >= 11 is 0. The first kappa shape index (κ1) is 20.3. The molecule has 4 heterocycles. The van der Waals surface area contributed by atoms with Gasteiger partial charge in [0.1, 0.15) is 0 Å². The van der Waals surface area contributed by atoms with Crippen molar-refractivity contribution in [2.45, 2.75) is 0 Å². The minimum Gasteiger partial charge on any atom is -0.379 e. The summed E-state index contributed by atoms with van der Waals surface area (Å²) in [5, 5.41) is 0. The molecule has 0 saturated carbocycles. The molecule has 0 unspecified atom stereocenters. The zero-order valence-corrected chi connectivity index (χ0v) is 18.1. The lowest BCUT2D eigenvalue weighted by Crippen LogP contribution is -2.45. The van der Waals surface area contributed by atoms with E-state index in [4.69, 9.17) is 28.7 Å². The summed E-state index contributed by atoms with van der Waals surface area (Å²) in [4.78, 5) is 7.19. The molecule has 1 aromatic carbocycles. The van der Waals surface area contributed by atoms with Gasteiger partial charge >= 0.3 is 0 Å². The van der Waals surface area contributed by atoms with E-state index < -0.39 is 7.51 Å². The highest BCUT2D eigenvalue weighted by Gasteiger charge is 2.40. The van der Waals surface area contributed by atoms with Crippen molar-refractivity contribution in [3.8, 4) is 0 Å². The number of hydrogen-bond acceptors (Lipinski definition) is 9. The van der Waals surface area contributed by atoms with E-state index in [1.54, 1.807) is 0 Å². The summed E-state index contributed by atoms with van der Waals surface area (Å²) in [6.07, 6.45) is 0. The lowest BCUT2D eigenvalue weighted by atomic mass is 10.2. The lowest BCUT2D eigenvalue weighted by Gasteiger charge is -2.45. The topological polar surface area (TPSA) is 74.5 Å². The summed E-state index contributed by atoms with van der Waals surface area (Å²) in [5.74, 6) is 1.57. The summed E-state index contributed by atoms with van der Waals surface area (Å²) < 4.78 is 32.5. The minimum absolute atomic E-state index is 0.701. The quantitative estimate of drug-likeness (QED) is 0.678. The average Bonchev–Trinajstić information content (AvgIpc) is 2.86. The molecule has 0 atom stereocenters. The van der Waals surface area contributed by atoms with Crippen molar-refractivity contribution in [2.24, 2.45) is 14.5 Å². The average molecular weight is 432 g/mol. The van der Waals surface area contributed by atoms with E-state index in [-0.39, 0.29) is 0 Å². The third-order valence-corrected chi connectivity index (χ3v) is 8.94. The molecule has 0 aliphatic carbocycles. The van der Waals surface area contributed by atoms with Gasteiger partial charge in [-0.15, -0.1) is 0 Å². The summed E-state index contributed by atoms with van der Waals surface area (Å²) in [6, 6.07) is 10.3. The summed E-state index contributed by atoms with van der Waals surface area (Å²) in [7, 11) is -2.38. The zero-order chi connectivity index (χ0) is 20.2. The first-order valence-corrected chi connectivity index (χ1v) is 12.3. The Balaban J connectivity index is 1.64. The second-order valence-electron chi connectivity index (χ2n) is 7.57. The van der Waals surface area contributed by atoms with Crippen molar-refractivity contribution >= 4 is 19.3 Å². The SMILES string of the molecule is c1ccc(C2=NP(N3CCOCC3)(N3CCOCC3)=NC(N3CCOCC3)=N2)cc1. The molecule has 0 amide bonds. The van der Waals surface area contributed by atoms with Gasteiger partial charge < -0.3 is 19.1 Å². The normalized spacial score (nSPS) is 25.9. The van der Waals surface area contributed by atoms with E-state index in [0.717, 1.165) is 56.6 Å². The molecule has 5 rings (SSSR count). The Labute approximate surface area is 177 Å². The Bertz CT molecular complexity index is 821. The molecule has 3 fully saturated rings. The maximum Gasteiger partial charge on any atom is 0.230 e. The molecular formula is C20H29N6O3P. The monoisotopic (exact) mass is 432 g/mol. The highest BCUT2D eigenvalue weighted by atomic mass is 31.2. The number of guanidine groups is 1. The van der Waals surface area contributed by atoms with Crippen LogP contribution in [0.3, 0.4) is 0 Å². The van der Waals surface area contributed by atoms with Crippen LogP contribution in [0.4, 0.5) is 0 Å². The fraction of sp³-hybridized carbons (Fsp3) is 0.600. The molecule has 0 radical (unpaired) electrons. The number of nitrogens with zero attached hydrogens (tertiary/aromatic N) is 6. The Morgan fingerprint density at radius 1 is 0.700 bits per heavy atom. The van der Waals surface area contributed by atoms with Gasteiger partial charge in [-0.2, -0.15) is 14.5 Å². The van der Waals surface area contributed by atoms with Crippen LogP contribution in [-0.4, -0.2) is 105 Å². The molecule has 4 aliphatic heterocycles. The third kappa shape index (κ3) is 4.10. The number of benzene rings is 1. The first-order valence-electron chi connectivity index (χ1n) is 10.7. The molecule has 9 nitrogen and oxygen atoms in total. The number of morpholine rings is 3. The van der Waals surface area contributed by atoms with Gasteiger partial charge in [-0.25, -0.2) is 9.34 Å². The van der Waals surface area contributed by atoms with Crippen LogP contribution in [-0.2, 0) is 14.2 Å². The molecule has 10 heteroatoms. The summed E-state index contributed by atoms with van der Waals surface area (Å²) in [5.41, 5.74) is 1.03. The molecule has 0 aromatic heterocycles. The van der Waals surface area contributed by atoms with Crippen LogP contribution in [0.5, 0.6) is 0 Å². The smallest absolute Gasteiger partial charge is 0.230 e. The highest BCUT2D eigenvalue weighted by Crippen LogP contribution is 2.60. The van der Waals surface area contributed by atoms with Gasteiger partial charge in [-0.05, 0) is 0 Å². The molecular weight excluding hydrogens is 403 g/mol. The Kier molecular flexibility index (Phi) is 6.27. The van der Waals surface area contributed by atoms with Crippen LogP contribution in [0.15, 0.2) is 44.8 Å². The van der Waals surface area contributed by atoms with E-state index in [1.165, 1.54) is 0 Å². The Morgan fingerprint density at radius 3 is 1.80 bits per heavy atom. The van der Waals surface area contributed by atoms with Gasteiger partial charge in [0.2, 0.25) is 13.5 Å². The van der Waals surface area contributed by atoms with E-state index in [9.17, 15) is 0 Å². The maximum absolute atomic E-state index is 5.66. The van der Waals surface area contributed by atoms with Gasteiger partial charge in [0.15, 0.2) is 5.84 Å². The first-order chi connectivity index (χ1) is 14.9. The number of hydrogen-bond donors (Lipinski definition) is 0. The van der Waals surface area contributed by atoms with Crippen molar-refractivity contribution in [1.29, 1.82) is 0 Å². The van der Waals surface area contributed by atoms with Crippen LogP contribution < -0.4 is 0 Å². The van der Waals surface area contributed by atoms with Crippen LogP contribution in [0.25, 0.3) is 0 Å². The van der Waals surface area contributed by atoms with Gasteiger partial charge in [-0.1, -0.05) is 30.3 Å². The summed E-state index contributed by atoms with van der Waals surface area (Å²) in [6.45, 7) is 9.17. The fourth-order valence-corrected chi connectivity index (χ4v) is 7.23. The molecule has 0 spiro atoms. The molecule has 30 heavy (non-hydrogen) atoms. The number of amidine groups is 1. The minimum atomic E-state index is -2.38. The van der Waals surface area contributed by atoms with E-state index in [1.807, 2.05) is 18.2 Å². The van der Waals surface area contributed by atoms with E-state index >= 15 is 0 Å². The Morgan fingerprint density at radius 2 is 1.23 bits per heavy atom. The number of rotatable bonds is 3. The molecule has 3 saturated heterocycles. The second-order valence-corrected chi connectivity index (χ2v) is 10.2. The van der Waals surface area contributed by atoms with Crippen molar-refractivity contribution in [2.75, 3.05) is 78.9 Å². The fourth-order valence-electron chi connectivity index (χ4n) is 4.09. The standard InChI is InChI=1S/C20H29N6O3P/c1-2-4-18(5-3-1)19-21-20(24-6-12-27-13-7-24)23-30(22-19,25-8-14-28-15-9-25)26-10-16-29-17-11-26/h1-5H,6-17H2. The third-order valence-electron chi connectivity index (χ3n) is 5.72. The molecule has 4 aliphatic rings. The molecule has 0 bridgehead atoms. The van der Waals surface area contributed by atoms with Gasteiger partial charge in [0.25, 0.3) is 0 Å². The molecule has 1 aromatic rings. The second kappa shape index (κ2) is 9.26. The van der Waals surface area contributed by atoms with Crippen LogP contribution in [0.2, 0.25) is 0 Å². The van der Waals surface area contributed by atoms with Crippen molar-refractivity contribution in [1.82, 2.24) is 14.2 Å². The predicted molar refractivity (Wildman–Crippen MR) is 117 cm³/mol. The zero-order valence-electron chi connectivity index (χ0n) is 17.2. The van der Waals surface area contributed by atoms with Gasteiger partial charge in [0.05, 0.1) is 39.6 Å². The number of ether oxygens (including phenoxy) is 3. The van der Waals surface area contributed by atoms with E-state index in [2.05, 4.69) is 26.4 Å². The lowest BCUT2D eigenvalue weighted by molar-refractivity contribution is 0.0564. The van der Waals surface area contributed by atoms with E-state index in [0.29, 0.717) is 39.6 Å². The largest absolute Gasteiger partial charge is 0.379 e. The van der Waals surface area contributed by atoms with Crippen LogP contribution in [0, 0.1) is 0 Å². The van der Waals surface area contributed by atoms with Crippen molar-refractivity contribution in [3.05, 3.63) is 35.9 Å².